The maximum Gasteiger partial charge on any atom is 0.230 e. The van der Waals surface area contributed by atoms with Gasteiger partial charge >= 0.3 is 0 Å². The summed E-state index contributed by atoms with van der Waals surface area (Å²) in [5, 5.41) is 12.3. The number of amides is 1. The van der Waals surface area contributed by atoms with Gasteiger partial charge in [0, 0.05) is 24.2 Å². The summed E-state index contributed by atoms with van der Waals surface area (Å²) in [6.45, 7) is 0.374. The number of benzene rings is 2. The first kappa shape index (κ1) is 18.4. The summed E-state index contributed by atoms with van der Waals surface area (Å²) in [4.78, 5) is 12.1. The second-order valence-electron chi connectivity index (χ2n) is 5.53. The maximum atomic E-state index is 13.0. The van der Waals surface area contributed by atoms with Crippen LogP contribution >= 0.6 is 23.4 Å². The van der Waals surface area contributed by atoms with Crippen LogP contribution in [-0.4, -0.2) is 26.4 Å². The molecule has 5 nitrogen and oxygen atoms in total. The molecule has 0 saturated heterocycles. The van der Waals surface area contributed by atoms with E-state index in [9.17, 15) is 9.18 Å². The van der Waals surface area contributed by atoms with Crippen molar-refractivity contribution >= 4 is 29.3 Å². The van der Waals surface area contributed by atoms with Crippen molar-refractivity contribution in [1.82, 2.24) is 20.1 Å². The lowest BCUT2D eigenvalue weighted by Crippen LogP contribution is -2.24. The van der Waals surface area contributed by atoms with Gasteiger partial charge in [-0.1, -0.05) is 41.6 Å². The molecule has 3 rings (SSSR count). The van der Waals surface area contributed by atoms with Crippen LogP contribution in [0.25, 0.3) is 11.4 Å². The van der Waals surface area contributed by atoms with Crippen LogP contribution in [0.15, 0.2) is 53.7 Å². The number of thioether (sulfide) groups is 1. The molecule has 26 heavy (non-hydrogen) atoms. The molecule has 2 aromatic carbocycles. The van der Waals surface area contributed by atoms with E-state index in [1.807, 2.05) is 25.2 Å². The molecule has 0 aliphatic carbocycles. The molecule has 0 spiro atoms. The average Bonchev–Trinajstić information content (AvgIpc) is 3.00. The third-order valence-electron chi connectivity index (χ3n) is 3.70. The smallest absolute Gasteiger partial charge is 0.230 e. The number of aromatic nitrogens is 3. The van der Waals surface area contributed by atoms with Crippen LogP contribution < -0.4 is 5.32 Å². The number of carbonyl (C=O) groups is 1. The fraction of sp³-hybridized carbons (Fsp3) is 0.167. The fourth-order valence-electron chi connectivity index (χ4n) is 2.31. The highest BCUT2D eigenvalue weighted by atomic mass is 35.5. The molecule has 1 aromatic heterocycles. The van der Waals surface area contributed by atoms with Crippen molar-refractivity contribution in [3.05, 3.63) is 64.9 Å². The summed E-state index contributed by atoms with van der Waals surface area (Å²) >= 11 is 7.35. The van der Waals surface area contributed by atoms with Crippen molar-refractivity contribution in [1.29, 1.82) is 0 Å². The van der Waals surface area contributed by atoms with Crippen molar-refractivity contribution in [3.63, 3.8) is 0 Å². The van der Waals surface area contributed by atoms with Gasteiger partial charge in [-0.25, -0.2) is 4.39 Å². The van der Waals surface area contributed by atoms with Gasteiger partial charge in [0.1, 0.15) is 5.82 Å². The Balaban J connectivity index is 1.57. The van der Waals surface area contributed by atoms with E-state index >= 15 is 0 Å². The van der Waals surface area contributed by atoms with Gasteiger partial charge in [0.05, 0.1) is 5.75 Å². The number of rotatable bonds is 6. The molecule has 1 amide bonds. The first-order valence-corrected chi connectivity index (χ1v) is 9.19. The first-order valence-electron chi connectivity index (χ1n) is 7.83. The third-order valence-corrected chi connectivity index (χ3v) is 5.09. The largest absolute Gasteiger partial charge is 0.351 e. The van der Waals surface area contributed by atoms with Gasteiger partial charge in [-0.3, -0.25) is 4.79 Å². The topological polar surface area (TPSA) is 59.8 Å². The predicted molar refractivity (Wildman–Crippen MR) is 100 cm³/mol. The molecule has 0 bridgehead atoms. The monoisotopic (exact) mass is 390 g/mol. The first-order chi connectivity index (χ1) is 12.5. The highest BCUT2D eigenvalue weighted by Crippen LogP contribution is 2.22. The van der Waals surface area contributed by atoms with E-state index in [1.54, 1.807) is 22.8 Å². The predicted octanol–water partition coefficient (Wildman–Crippen LogP) is 3.68. The van der Waals surface area contributed by atoms with Crippen LogP contribution in [0.5, 0.6) is 0 Å². The average molecular weight is 391 g/mol. The van der Waals surface area contributed by atoms with Crippen molar-refractivity contribution < 1.29 is 9.18 Å². The van der Waals surface area contributed by atoms with E-state index in [0.717, 1.165) is 11.1 Å². The molecule has 0 radical (unpaired) electrons. The molecule has 0 unspecified atom stereocenters. The number of hydrogen-bond acceptors (Lipinski definition) is 4. The maximum absolute atomic E-state index is 13.0. The zero-order chi connectivity index (χ0) is 18.5. The van der Waals surface area contributed by atoms with Gasteiger partial charge in [0.15, 0.2) is 11.0 Å². The Morgan fingerprint density at radius 2 is 1.92 bits per heavy atom. The molecule has 8 heteroatoms. The molecule has 3 aromatic rings. The quantitative estimate of drug-likeness (QED) is 0.652. The Kier molecular flexibility index (Phi) is 5.90. The number of halogens is 2. The molecule has 0 fully saturated rings. The summed E-state index contributed by atoms with van der Waals surface area (Å²) < 4.78 is 14.8. The molecule has 0 aliphatic rings. The van der Waals surface area contributed by atoms with Crippen molar-refractivity contribution in [3.8, 4) is 11.4 Å². The highest BCUT2D eigenvalue weighted by molar-refractivity contribution is 7.99. The fourth-order valence-corrected chi connectivity index (χ4v) is 3.25. The number of hydrogen-bond donors (Lipinski definition) is 1. The second-order valence-corrected chi connectivity index (χ2v) is 6.88. The zero-order valence-corrected chi connectivity index (χ0v) is 15.5. The number of nitrogens with one attached hydrogen (secondary N) is 1. The summed E-state index contributed by atoms with van der Waals surface area (Å²) in [7, 11) is 1.81. The van der Waals surface area contributed by atoms with Crippen LogP contribution in [0, 0.1) is 5.82 Å². The van der Waals surface area contributed by atoms with Crippen molar-refractivity contribution in [2.75, 3.05) is 5.75 Å². The molecule has 0 aliphatic heterocycles. The van der Waals surface area contributed by atoms with Crippen LogP contribution in [0.4, 0.5) is 4.39 Å². The lowest BCUT2D eigenvalue weighted by atomic mass is 10.2. The van der Waals surface area contributed by atoms with E-state index in [-0.39, 0.29) is 17.5 Å². The van der Waals surface area contributed by atoms with Gasteiger partial charge in [-0.15, -0.1) is 10.2 Å². The summed E-state index contributed by atoms with van der Waals surface area (Å²) in [5.41, 5.74) is 1.63. The lowest BCUT2D eigenvalue weighted by Gasteiger charge is -2.07. The van der Waals surface area contributed by atoms with Crippen molar-refractivity contribution in [2.24, 2.45) is 7.05 Å². The molecule has 0 atom stereocenters. The Morgan fingerprint density at radius 3 is 2.65 bits per heavy atom. The minimum atomic E-state index is -0.305. The van der Waals surface area contributed by atoms with E-state index in [1.165, 1.54) is 23.9 Å². The van der Waals surface area contributed by atoms with Crippen molar-refractivity contribution in [2.45, 2.75) is 11.7 Å². The highest BCUT2D eigenvalue weighted by Gasteiger charge is 2.13. The zero-order valence-electron chi connectivity index (χ0n) is 13.9. The Labute approximate surface area is 159 Å². The summed E-state index contributed by atoms with van der Waals surface area (Å²) in [5.74, 6) is 0.394. The van der Waals surface area contributed by atoms with E-state index in [0.29, 0.717) is 22.5 Å². The minimum Gasteiger partial charge on any atom is -0.351 e. The molecule has 1 N–H and O–H groups in total. The Bertz CT molecular complexity index is 914. The van der Waals surface area contributed by atoms with Gasteiger partial charge in [0.2, 0.25) is 5.91 Å². The third kappa shape index (κ3) is 4.42. The van der Waals surface area contributed by atoms with E-state index in [2.05, 4.69) is 15.5 Å². The minimum absolute atomic E-state index is 0.124. The lowest BCUT2D eigenvalue weighted by molar-refractivity contribution is -0.118. The molecule has 1 heterocycles. The number of carbonyl (C=O) groups excluding carboxylic acids is 1. The molecule has 0 saturated carbocycles. The second kappa shape index (κ2) is 8.33. The SMILES string of the molecule is Cn1c(SCC(=O)NCc2ccccc2Cl)nnc1-c1ccc(F)cc1. The van der Waals surface area contributed by atoms with Crippen LogP contribution in [0.1, 0.15) is 5.56 Å². The van der Waals surface area contributed by atoms with E-state index in [4.69, 9.17) is 11.6 Å². The van der Waals surface area contributed by atoms with E-state index < -0.39 is 0 Å². The van der Waals surface area contributed by atoms with Gasteiger partial charge in [0.25, 0.3) is 0 Å². The normalized spacial score (nSPS) is 10.7. The van der Waals surface area contributed by atoms with Crippen LogP contribution in [-0.2, 0) is 18.4 Å². The molecule has 134 valence electrons. The van der Waals surface area contributed by atoms with Crippen LogP contribution in [0.3, 0.4) is 0 Å². The summed E-state index contributed by atoms with van der Waals surface area (Å²) in [6, 6.07) is 13.4. The van der Waals surface area contributed by atoms with Gasteiger partial charge in [-0.2, -0.15) is 0 Å². The van der Waals surface area contributed by atoms with Gasteiger partial charge < -0.3 is 9.88 Å². The van der Waals surface area contributed by atoms with Crippen LogP contribution in [0.2, 0.25) is 5.02 Å². The Morgan fingerprint density at radius 1 is 1.19 bits per heavy atom. The molecular formula is C18H16ClFN4OS. The summed E-state index contributed by atoms with van der Waals surface area (Å²) in [6.07, 6.45) is 0. The standard InChI is InChI=1S/C18H16ClFN4OS/c1-24-17(12-6-8-14(20)9-7-12)22-23-18(24)26-11-16(25)21-10-13-4-2-3-5-15(13)19/h2-9H,10-11H2,1H3,(H,21,25). The number of nitrogens with zero attached hydrogens (tertiary/aromatic N) is 3. The molecular weight excluding hydrogens is 375 g/mol. The van der Waals surface area contributed by atoms with Gasteiger partial charge in [-0.05, 0) is 35.9 Å². The Hall–Kier alpha value is -2.38.